The molecule has 10 heteroatoms. The van der Waals surface area contributed by atoms with E-state index in [9.17, 15) is 23.3 Å². The number of ether oxygens (including phenoxy) is 1. The molecular formula is C16H15ClN2O6S. The zero-order valence-electron chi connectivity index (χ0n) is 13.6. The Kier molecular flexibility index (Phi) is 6.30. The van der Waals surface area contributed by atoms with Gasteiger partial charge in [0, 0.05) is 17.2 Å². The number of nitro groups is 1. The summed E-state index contributed by atoms with van der Waals surface area (Å²) in [6, 6.07) is 9.85. The number of hydrogen-bond donors (Lipinski definition) is 1. The monoisotopic (exact) mass is 398 g/mol. The van der Waals surface area contributed by atoms with E-state index in [-0.39, 0.29) is 17.2 Å². The van der Waals surface area contributed by atoms with E-state index >= 15 is 0 Å². The average molecular weight is 399 g/mol. The minimum Gasteiger partial charge on any atom is -0.460 e. The molecule has 0 bridgehead atoms. The Balaban J connectivity index is 1.94. The number of carbonyl (C=O) groups is 1. The number of nitrogens with zero attached hydrogens (tertiary/aromatic N) is 1. The van der Waals surface area contributed by atoms with Crippen LogP contribution in [0, 0.1) is 10.1 Å². The largest absolute Gasteiger partial charge is 0.460 e. The van der Waals surface area contributed by atoms with Crippen LogP contribution < -0.4 is 4.72 Å². The highest BCUT2D eigenvalue weighted by molar-refractivity contribution is 7.89. The molecule has 0 saturated carbocycles. The van der Waals surface area contributed by atoms with Gasteiger partial charge in [0.05, 0.1) is 9.82 Å². The molecule has 0 aliphatic rings. The molecule has 138 valence electrons. The van der Waals surface area contributed by atoms with Crippen LogP contribution in [0.2, 0.25) is 5.02 Å². The van der Waals surface area contributed by atoms with Crippen molar-refractivity contribution in [3.8, 4) is 0 Å². The molecular weight excluding hydrogens is 384 g/mol. The number of carbonyl (C=O) groups excluding carboxylic acids is 1. The summed E-state index contributed by atoms with van der Waals surface area (Å²) in [6.45, 7) is 1.22. The first-order valence-electron chi connectivity index (χ1n) is 7.37. The number of esters is 1. The Hall–Kier alpha value is -2.49. The van der Waals surface area contributed by atoms with E-state index < -0.39 is 27.0 Å². The number of non-ortho nitro benzene ring substituents is 1. The molecule has 2 rings (SSSR count). The number of hydrogen-bond acceptors (Lipinski definition) is 6. The van der Waals surface area contributed by atoms with Crippen molar-refractivity contribution in [3.63, 3.8) is 0 Å². The molecule has 1 atom stereocenters. The Labute approximate surface area is 154 Å². The van der Waals surface area contributed by atoms with E-state index in [0.717, 1.165) is 0 Å². The maximum atomic E-state index is 12.2. The molecule has 0 unspecified atom stereocenters. The summed E-state index contributed by atoms with van der Waals surface area (Å²) in [7, 11) is -3.90. The van der Waals surface area contributed by atoms with Crippen molar-refractivity contribution in [2.45, 2.75) is 24.5 Å². The normalized spacial score (nSPS) is 12.4. The topological polar surface area (TPSA) is 116 Å². The fraction of sp³-hybridized carbons (Fsp3) is 0.188. The highest BCUT2D eigenvalue weighted by atomic mass is 35.5. The summed E-state index contributed by atoms with van der Waals surface area (Å²) < 4.78 is 31.7. The van der Waals surface area contributed by atoms with Crippen LogP contribution in [0.1, 0.15) is 12.5 Å². The van der Waals surface area contributed by atoms with Crippen molar-refractivity contribution in [2.24, 2.45) is 0 Å². The molecule has 0 heterocycles. The van der Waals surface area contributed by atoms with E-state index in [1.54, 1.807) is 0 Å². The van der Waals surface area contributed by atoms with Crippen LogP contribution in [0.25, 0.3) is 0 Å². The second kappa shape index (κ2) is 8.26. The van der Waals surface area contributed by atoms with Crippen LogP contribution >= 0.6 is 11.6 Å². The Morgan fingerprint density at radius 3 is 2.31 bits per heavy atom. The van der Waals surface area contributed by atoms with Gasteiger partial charge in [-0.25, -0.2) is 8.42 Å². The number of rotatable bonds is 7. The molecule has 0 aliphatic carbocycles. The molecule has 0 fully saturated rings. The zero-order valence-corrected chi connectivity index (χ0v) is 15.2. The molecule has 0 radical (unpaired) electrons. The quantitative estimate of drug-likeness (QED) is 0.435. The molecule has 0 aromatic heterocycles. The van der Waals surface area contributed by atoms with Crippen molar-refractivity contribution < 1.29 is 22.9 Å². The molecule has 2 aromatic carbocycles. The lowest BCUT2D eigenvalue weighted by molar-refractivity contribution is -0.384. The molecule has 2 aromatic rings. The lowest BCUT2D eigenvalue weighted by Crippen LogP contribution is -2.39. The summed E-state index contributed by atoms with van der Waals surface area (Å²) >= 11 is 5.72. The fourth-order valence-electron chi connectivity index (χ4n) is 1.96. The van der Waals surface area contributed by atoms with Crippen LogP contribution in [-0.4, -0.2) is 25.4 Å². The zero-order chi connectivity index (χ0) is 19.3. The number of benzene rings is 2. The second-order valence-electron chi connectivity index (χ2n) is 5.33. The van der Waals surface area contributed by atoms with Gasteiger partial charge in [-0.15, -0.1) is 0 Å². The number of halogens is 1. The van der Waals surface area contributed by atoms with Gasteiger partial charge >= 0.3 is 5.97 Å². The van der Waals surface area contributed by atoms with Crippen LogP contribution in [0.3, 0.4) is 0 Å². The number of nitrogens with one attached hydrogen (secondary N) is 1. The van der Waals surface area contributed by atoms with Crippen molar-refractivity contribution in [3.05, 3.63) is 69.2 Å². The molecule has 0 spiro atoms. The average Bonchev–Trinajstić information content (AvgIpc) is 2.60. The van der Waals surface area contributed by atoms with Crippen LogP contribution in [-0.2, 0) is 26.2 Å². The smallest absolute Gasteiger partial charge is 0.324 e. The SMILES string of the molecule is C[C@H](NS(=O)(=O)c1ccc(Cl)cc1)C(=O)OCc1ccc([N+](=O)[O-])cc1. The minimum atomic E-state index is -3.90. The maximum absolute atomic E-state index is 12.2. The summed E-state index contributed by atoms with van der Waals surface area (Å²) in [5.41, 5.74) is 0.459. The molecule has 26 heavy (non-hydrogen) atoms. The number of nitro benzene ring substituents is 1. The third-order valence-electron chi connectivity index (χ3n) is 3.34. The van der Waals surface area contributed by atoms with Gasteiger partial charge in [-0.3, -0.25) is 14.9 Å². The Morgan fingerprint density at radius 2 is 1.77 bits per heavy atom. The lowest BCUT2D eigenvalue weighted by Gasteiger charge is -2.14. The van der Waals surface area contributed by atoms with Gasteiger partial charge < -0.3 is 4.74 Å². The summed E-state index contributed by atoms with van der Waals surface area (Å²) in [5.74, 6) is -0.777. The van der Waals surface area contributed by atoms with E-state index in [0.29, 0.717) is 10.6 Å². The summed E-state index contributed by atoms with van der Waals surface area (Å²) in [6.07, 6.45) is 0. The highest BCUT2D eigenvalue weighted by Gasteiger charge is 2.23. The van der Waals surface area contributed by atoms with Gasteiger partial charge in [-0.2, -0.15) is 4.72 Å². The molecule has 0 aliphatic heterocycles. The van der Waals surface area contributed by atoms with Gasteiger partial charge in [-0.1, -0.05) is 11.6 Å². The van der Waals surface area contributed by atoms with Gasteiger partial charge in [0.2, 0.25) is 10.0 Å². The standard InChI is InChI=1S/C16H15ClN2O6S/c1-11(18-26(23,24)15-8-4-13(17)5-9-15)16(20)25-10-12-2-6-14(7-3-12)19(21)22/h2-9,11,18H,10H2,1H3/t11-/m0/s1. The minimum absolute atomic E-state index is 0.0306. The van der Waals surface area contributed by atoms with Gasteiger partial charge in [-0.05, 0) is 48.9 Å². The fourth-order valence-corrected chi connectivity index (χ4v) is 3.27. The first kappa shape index (κ1) is 19.8. The van der Waals surface area contributed by atoms with E-state index in [2.05, 4.69) is 4.72 Å². The molecule has 0 amide bonds. The van der Waals surface area contributed by atoms with Crippen LogP contribution in [0.15, 0.2) is 53.4 Å². The van der Waals surface area contributed by atoms with Gasteiger partial charge in [0.25, 0.3) is 5.69 Å². The first-order chi connectivity index (χ1) is 12.2. The predicted molar refractivity (Wildman–Crippen MR) is 94.1 cm³/mol. The van der Waals surface area contributed by atoms with Crippen molar-refractivity contribution in [1.82, 2.24) is 4.72 Å². The predicted octanol–water partition coefficient (Wildman–Crippen LogP) is 2.66. The Morgan fingerprint density at radius 1 is 1.19 bits per heavy atom. The van der Waals surface area contributed by atoms with Crippen LogP contribution in [0.5, 0.6) is 0 Å². The van der Waals surface area contributed by atoms with E-state index in [1.807, 2.05) is 0 Å². The van der Waals surface area contributed by atoms with Crippen LogP contribution in [0.4, 0.5) is 5.69 Å². The van der Waals surface area contributed by atoms with E-state index in [4.69, 9.17) is 16.3 Å². The summed E-state index contributed by atoms with van der Waals surface area (Å²) in [5, 5.41) is 11.0. The second-order valence-corrected chi connectivity index (χ2v) is 7.48. The van der Waals surface area contributed by atoms with Crippen molar-refractivity contribution in [2.75, 3.05) is 0 Å². The highest BCUT2D eigenvalue weighted by Crippen LogP contribution is 2.15. The molecule has 8 nitrogen and oxygen atoms in total. The van der Waals surface area contributed by atoms with Crippen molar-refractivity contribution >= 4 is 33.3 Å². The first-order valence-corrected chi connectivity index (χ1v) is 9.23. The van der Waals surface area contributed by atoms with Crippen molar-refractivity contribution in [1.29, 1.82) is 0 Å². The third-order valence-corrected chi connectivity index (χ3v) is 5.15. The molecule has 1 N–H and O–H groups in total. The third kappa shape index (κ3) is 5.25. The van der Waals surface area contributed by atoms with Gasteiger partial charge in [0.15, 0.2) is 0 Å². The van der Waals surface area contributed by atoms with Gasteiger partial charge in [0.1, 0.15) is 12.6 Å². The number of sulfonamides is 1. The lowest BCUT2D eigenvalue weighted by atomic mass is 10.2. The Bertz CT molecular complexity index is 897. The maximum Gasteiger partial charge on any atom is 0.324 e. The molecule has 0 saturated heterocycles. The summed E-state index contributed by atoms with van der Waals surface area (Å²) in [4.78, 5) is 22.0. The van der Waals surface area contributed by atoms with E-state index in [1.165, 1.54) is 55.5 Å².